The monoisotopic (exact) mass is 1120 g/mol. The van der Waals surface area contributed by atoms with Crippen LogP contribution in [0.15, 0.2) is 72.8 Å². The summed E-state index contributed by atoms with van der Waals surface area (Å²) in [6.45, 7) is 3.45. The molecule has 2 heterocycles. The predicted molar refractivity (Wildman–Crippen MR) is 288 cm³/mol. The second-order valence-corrected chi connectivity index (χ2v) is 23.4. The standard InChI is InChI=1S/C55H82N2O16S3/c1-2-3-4-5-6-12-15-24-31-50(72-75(63,64)65)51(73-76(66,67)68)36-33-46(71-74(60,61)62)30-23-14-11-9-7-8-10-13-16-25-32-53(58)56-48-34-35-49-54-45(37-38-57(49)55(48)59)39-47(69-41-43-26-19-17-20-27-43)40-52(54)70-42-44-28-21-18-22-29-44/h17-22,26-29,39-40,46,48-51H,2-16,23-25,30-38,41-42H2,1H3,(H,56,58)(H,60,61,62)(H,63,64,65)(H,66,67,68)/t46-,48-,49+,50-,51-/m0/s1. The van der Waals surface area contributed by atoms with Crippen molar-refractivity contribution in [3.63, 3.8) is 0 Å². The summed E-state index contributed by atoms with van der Waals surface area (Å²) in [6, 6.07) is 23.2. The first-order valence-electron chi connectivity index (χ1n) is 27.4. The summed E-state index contributed by atoms with van der Waals surface area (Å²) in [5, 5.41) is 3.03. The fraction of sp³-hybridized carbons (Fsp3) is 0.636. The Hall–Kier alpha value is -4.19. The molecule has 3 aromatic rings. The highest BCUT2D eigenvalue weighted by atomic mass is 32.3. The number of carbonyl (C=O) groups is 2. The van der Waals surface area contributed by atoms with Gasteiger partial charge in [0.15, 0.2) is 0 Å². The van der Waals surface area contributed by atoms with Crippen LogP contribution in [-0.4, -0.2) is 86.5 Å². The number of nitrogens with zero attached hydrogens (tertiary/aromatic N) is 1. The van der Waals surface area contributed by atoms with E-state index in [9.17, 15) is 48.5 Å². The van der Waals surface area contributed by atoms with Crippen molar-refractivity contribution in [3.8, 4) is 11.5 Å². The van der Waals surface area contributed by atoms with E-state index in [0.29, 0.717) is 83.3 Å². The molecule has 21 heteroatoms. The van der Waals surface area contributed by atoms with Gasteiger partial charge in [-0.1, -0.05) is 177 Å². The van der Waals surface area contributed by atoms with Gasteiger partial charge in [-0.05, 0) is 74.1 Å². The lowest BCUT2D eigenvalue weighted by Crippen LogP contribution is -2.55. The largest absolute Gasteiger partial charge is 0.489 e. The number of unbranched alkanes of at least 4 members (excludes halogenated alkanes) is 16. The van der Waals surface area contributed by atoms with E-state index in [4.69, 9.17) is 22.0 Å². The van der Waals surface area contributed by atoms with Gasteiger partial charge in [-0.25, -0.2) is 12.5 Å². The van der Waals surface area contributed by atoms with Crippen molar-refractivity contribution in [1.82, 2.24) is 10.2 Å². The first-order valence-corrected chi connectivity index (χ1v) is 31.5. The summed E-state index contributed by atoms with van der Waals surface area (Å²) in [5.41, 5.74) is 4.21. The van der Waals surface area contributed by atoms with Crippen molar-refractivity contribution in [2.75, 3.05) is 6.54 Å². The van der Waals surface area contributed by atoms with Crippen molar-refractivity contribution in [3.05, 3.63) is 95.1 Å². The Balaban J connectivity index is 0.982. The summed E-state index contributed by atoms with van der Waals surface area (Å²) in [4.78, 5) is 28.9. The highest BCUT2D eigenvalue weighted by Crippen LogP contribution is 2.44. The maximum absolute atomic E-state index is 13.9. The lowest BCUT2D eigenvalue weighted by Gasteiger charge is -2.44. The van der Waals surface area contributed by atoms with Crippen LogP contribution in [0.25, 0.3) is 0 Å². The molecule has 0 spiro atoms. The number of rotatable bonds is 39. The Kier molecular flexibility index (Phi) is 26.9. The minimum absolute atomic E-state index is 0.0418. The third-order valence-electron chi connectivity index (χ3n) is 14.1. The lowest BCUT2D eigenvalue weighted by molar-refractivity contribution is -0.142. The minimum Gasteiger partial charge on any atom is -0.489 e. The number of amides is 2. The van der Waals surface area contributed by atoms with E-state index < -0.39 is 55.6 Å². The molecular weight excluding hydrogens is 1040 g/mol. The molecule has 1 saturated heterocycles. The summed E-state index contributed by atoms with van der Waals surface area (Å²) >= 11 is 0. The minimum atomic E-state index is -5.13. The van der Waals surface area contributed by atoms with Crippen LogP contribution in [0.4, 0.5) is 0 Å². The van der Waals surface area contributed by atoms with Gasteiger partial charge >= 0.3 is 31.2 Å². The number of benzene rings is 3. The lowest BCUT2D eigenvalue weighted by atomic mass is 9.84. The van der Waals surface area contributed by atoms with Crippen molar-refractivity contribution in [2.24, 2.45) is 0 Å². The van der Waals surface area contributed by atoms with E-state index in [0.717, 1.165) is 111 Å². The molecule has 18 nitrogen and oxygen atoms in total. The van der Waals surface area contributed by atoms with Gasteiger partial charge in [-0.2, -0.15) is 25.3 Å². The molecule has 4 N–H and O–H groups in total. The molecule has 0 aliphatic carbocycles. The van der Waals surface area contributed by atoms with Crippen molar-refractivity contribution in [2.45, 2.75) is 217 Å². The number of carbonyl (C=O) groups excluding carboxylic acids is 2. The third-order valence-corrected chi connectivity index (χ3v) is 15.6. The van der Waals surface area contributed by atoms with Gasteiger partial charge in [0.05, 0.1) is 12.1 Å². The summed E-state index contributed by atoms with van der Waals surface area (Å²) < 4.78 is 126. The second kappa shape index (κ2) is 32.6. The number of ether oxygens (including phenoxy) is 2. The van der Waals surface area contributed by atoms with Gasteiger partial charge < -0.3 is 19.7 Å². The highest BCUT2D eigenvalue weighted by molar-refractivity contribution is 7.81. The van der Waals surface area contributed by atoms with Crippen LogP contribution in [0.1, 0.15) is 196 Å². The van der Waals surface area contributed by atoms with Crippen LogP contribution in [0.5, 0.6) is 11.5 Å². The molecule has 2 aliphatic rings. The van der Waals surface area contributed by atoms with E-state index in [1.54, 1.807) is 0 Å². The van der Waals surface area contributed by atoms with E-state index in [1.165, 1.54) is 0 Å². The average Bonchev–Trinajstić information content (AvgIpc) is 3.38. The molecule has 0 aromatic heterocycles. The van der Waals surface area contributed by atoms with Gasteiger partial charge in [0.1, 0.15) is 43.0 Å². The molecule has 1 fully saturated rings. The zero-order valence-corrected chi connectivity index (χ0v) is 46.6. The second-order valence-electron chi connectivity index (χ2n) is 20.2. The molecule has 2 aliphatic heterocycles. The average molecular weight is 1120 g/mol. The molecule has 76 heavy (non-hydrogen) atoms. The van der Waals surface area contributed by atoms with E-state index in [2.05, 4.69) is 18.3 Å². The Morgan fingerprint density at radius 3 is 1.66 bits per heavy atom. The topological polar surface area (TPSA) is 259 Å². The number of hydrogen-bond acceptors (Lipinski definition) is 13. The Bertz CT molecular complexity index is 2540. The van der Waals surface area contributed by atoms with Crippen molar-refractivity contribution < 1.29 is 70.5 Å². The first-order chi connectivity index (χ1) is 36.4. The SMILES string of the molecule is CCCCCCCCCC[C@H](OS(=O)(=O)O)[C@H](CC[C@H](CCCCCCCCCCCCC(=O)N[C@H]1CC[C@@H]2c3c(cc(OCc4ccccc4)cc3OCc3ccccc3)CCN2C1=O)OS(=O)(=O)O)OS(=O)(=O)O. The molecule has 0 unspecified atom stereocenters. The molecule has 3 aromatic carbocycles. The van der Waals surface area contributed by atoms with Crippen LogP contribution in [0.3, 0.4) is 0 Å². The molecule has 0 radical (unpaired) electrons. The maximum atomic E-state index is 13.9. The molecule has 426 valence electrons. The van der Waals surface area contributed by atoms with Gasteiger partial charge in [-0.15, -0.1) is 0 Å². The van der Waals surface area contributed by atoms with Gasteiger partial charge in [0.25, 0.3) is 0 Å². The molecule has 5 atom stereocenters. The number of hydrogen-bond donors (Lipinski definition) is 4. The number of nitrogens with one attached hydrogen (secondary N) is 1. The molecule has 5 rings (SSSR count). The van der Waals surface area contributed by atoms with Gasteiger partial charge in [0, 0.05) is 24.6 Å². The van der Waals surface area contributed by atoms with E-state index >= 15 is 0 Å². The zero-order chi connectivity index (χ0) is 54.8. The van der Waals surface area contributed by atoms with Crippen LogP contribution in [0.2, 0.25) is 0 Å². The molecule has 0 saturated carbocycles. The van der Waals surface area contributed by atoms with E-state index in [1.807, 2.05) is 71.6 Å². The molecular formula is C55H82N2O16S3. The quantitative estimate of drug-likeness (QED) is 0.0306. The Morgan fingerprint density at radius 2 is 1.11 bits per heavy atom. The summed E-state index contributed by atoms with van der Waals surface area (Å²) in [6.07, 6.45) is 13.3. The van der Waals surface area contributed by atoms with Crippen LogP contribution < -0.4 is 14.8 Å². The molecule has 2 amide bonds. The van der Waals surface area contributed by atoms with Gasteiger partial charge in [-0.3, -0.25) is 23.2 Å². The van der Waals surface area contributed by atoms with Gasteiger partial charge in [0.2, 0.25) is 11.8 Å². The Morgan fingerprint density at radius 1 is 0.605 bits per heavy atom. The first kappa shape index (κ1) is 62.7. The normalized spacial score (nSPS) is 17.1. The fourth-order valence-electron chi connectivity index (χ4n) is 10.3. The summed E-state index contributed by atoms with van der Waals surface area (Å²) in [7, 11) is -15.1. The fourth-order valence-corrected chi connectivity index (χ4v) is 11.9. The third kappa shape index (κ3) is 24.2. The summed E-state index contributed by atoms with van der Waals surface area (Å²) in [5.74, 6) is 1.23. The van der Waals surface area contributed by atoms with E-state index in [-0.39, 0.29) is 43.5 Å². The van der Waals surface area contributed by atoms with Crippen LogP contribution in [-0.2, 0) is 73.0 Å². The number of fused-ring (bicyclic) bond motifs is 3. The molecule has 0 bridgehead atoms. The van der Waals surface area contributed by atoms with Crippen LogP contribution >= 0.6 is 0 Å². The number of piperidine rings is 1. The maximum Gasteiger partial charge on any atom is 0.397 e. The predicted octanol–water partition coefficient (Wildman–Crippen LogP) is 11.1. The van der Waals surface area contributed by atoms with Crippen LogP contribution in [0, 0.1) is 0 Å². The highest BCUT2D eigenvalue weighted by Gasteiger charge is 2.41. The Labute approximate surface area is 452 Å². The van der Waals surface area contributed by atoms with Crippen molar-refractivity contribution in [1.29, 1.82) is 0 Å². The smallest absolute Gasteiger partial charge is 0.397 e. The zero-order valence-electron chi connectivity index (χ0n) is 44.1. The van der Waals surface area contributed by atoms with Crippen molar-refractivity contribution >= 4 is 43.0 Å².